The predicted molar refractivity (Wildman–Crippen MR) is 75.3 cm³/mol. The van der Waals surface area contributed by atoms with Crippen LogP contribution in [0.5, 0.6) is 5.75 Å². The van der Waals surface area contributed by atoms with Gasteiger partial charge in [0.25, 0.3) is 0 Å². The molecular formula is C15H20O6. The van der Waals surface area contributed by atoms with E-state index in [-0.39, 0.29) is 23.3 Å². The SMILES string of the molecule is C[C@@H](CCC[C@](C)(O)c1ccc(C(=O)O)cc1O)C(=O)O. The third kappa shape index (κ3) is 4.46. The Morgan fingerprint density at radius 3 is 2.38 bits per heavy atom. The van der Waals surface area contributed by atoms with Gasteiger partial charge in [-0.2, -0.15) is 0 Å². The highest BCUT2D eigenvalue weighted by atomic mass is 16.4. The van der Waals surface area contributed by atoms with Crippen molar-refractivity contribution >= 4 is 11.9 Å². The first-order valence-corrected chi connectivity index (χ1v) is 6.67. The van der Waals surface area contributed by atoms with E-state index in [1.165, 1.54) is 19.1 Å². The number of aliphatic carboxylic acids is 1. The predicted octanol–water partition coefficient (Wildman–Crippen LogP) is 2.19. The van der Waals surface area contributed by atoms with E-state index in [1.54, 1.807) is 6.92 Å². The molecule has 1 aromatic carbocycles. The minimum atomic E-state index is -1.35. The van der Waals surface area contributed by atoms with Crippen molar-refractivity contribution < 1.29 is 30.0 Å². The van der Waals surface area contributed by atoms with E-state index in [9.17, 15) is 19.8 Å². The van der Waals surface area contributed by atoms with E-state index in [4.69, 9.17) is 10.2 Å². The van der Waals surface area contributed by atoms with E-state index in [1.807, 2.05) is 0 Å². The van der Waals surface area contributed by atoms with Crippen molar-refractivity contribution in [2.24, 2.45) is 5.92 Å². The van der Waals surface area contributed by atoms with E-state index in [2.05, 4.69) is 0 Å². The molecule has 6 heteroatoms. The second-order valence-electron chi connectivity index (χ2n) is 5.44. The molecule has 21 heavy (non-hydrogen) atoms. The summed E-state index contributed by atoms with van der Waals surface area (Å²) in [7, 11) is 0. The number of benzene rings is 1. The maximum atomic E-state index is 10.8. The molecule has 4 N–H and O–H groups in total. The molecule has 1 aromatic rings. The van der Waals surface area contributed by atoms with E-state index < -0.39 is 23.5 Å². The van der Waals surface area contributed by atoms with Crippen LogP contribution in [0.4, 0.5) is 0 Å². The van der Waals surface area contributed by atoms with Gasteiger partial charge in [-0.1, -0.05) is 13.0 Å². The Labute approximate surface area is 122 Å². The lowest BCUT2D eigenvalue weighted by Crippen LogP contribution is -2.22. The number of hydrogen-bond donors (Lipinski definition) is 4. The van der Waals surface area contributed by atoms with Gasteiger partial charge in [-0.25, -0.2) is 4.79 Å². The summed E-state index contributed by atoms with van der Waals surface area (Å²) in [6.07, 6.45) is 1.16. The number of aromatic hydroxyl groups is 1. The van der Waals surface area contributed by atoms with Crippen molar-refractivity contribution in [2.75, 3.05) is 0 Å². The smallest absolute Gasteiger partial charge is 0.335 e. The van der Waals surface area contributed by atoms with Gasteiger partial charge < -0.3 is 20.4 Å². The number of phenols is 1. The van der Waals surface area contributed by atoms with Gasteiger partial charge in [-0.15, -0.1) is 0 Å². The molecule has 0 saturated carbocycles. The quantitative estimate of drug-likeness (QED) is 0.613. The summed E-state index contributed by atoms with van der Waals surface area (Å²) in [6, 6.07) is 3.77. The fraction of sp³-hybridized carbons (Fsp3) is 0.467. The number of aromatic carboxylic acids is 1. The third-order valence-electron chi connectivity index (χ3n) is 3.55. The number of phenolic OH excluding ortho intramolecular Hbond substituents is 1. The van der Waals surface area contributed by atoms with Crippen LogP contribution in [0.3, 0.4) is 0 Å². The topological polar surface area (TPSA) is 115 Å². The number of hydrogen-bond acceptors (Lipinski definition) is 4. The van der Waals surface area contributed by atoms with E-state index in [0.29, 0.717) is 12.8 Å². The Morgan fingerprint density at radius 1 is 1.29 bits per heavy atom. The number of carboxylic acid groups (broad SMARTS) is 2. The van der Waals surface area contributed by atoms with Crippen molar-refractivity contribution in [3.8, 4) is 5.75 Å². The standard InChI is InChI=1S/C15H20O6/c1-9(13(17)18)4-3-7-15(2,21)11-6-5-10(14(19)20)8-12(11)16/h5-6,8-9,16,21H,3-4,7H2,1-2H3,(H,17,18)(H,19,20)/t9-,15-/m0/s1. The largest absolute Gasteiger partial charge is 0.508 e. The van der Waals surface area contributed by atoms with Gasteiger partial charge in [-0.05, 0) is 38.3 Å². The molecule has 0 bridgehead atoms. The molecule has 0 unspecified atom stereocenters. The van der Waals surface area contributed by atoms with Gasteiger partial charge in [0.05, 0.1) is 17.1 Å². The van der Waals surface area contributed by atoms with Crippen LogP contribution in [-0.4, -0.2) is 32.4 Å². The van der Waals surface area contributed by atoms with Crippen LogP contribution in [-0.2, 0) is 10.4 Å². The zero-order valence-corrected chi connectivity index (χ0v) is 12.0. The van der Waals surface area contributed by atoms with Gasteiger partial charge in [0.1, 0.15) is 5.75 Å². The lowest BCUT2D eigenvalue weighted by molar-refractivity contribution is -0.141. The van der Waals surface area contributed by atoms with Crippen molar-refractivity contribution in [3.63, 3.8) is 0 Å². The van der Waals surface area contributed by atoms with Crippen molar-refractivity contribution in [1.82, 2.24) is 0 Å². The summed E-state index contributed by atoms with van der Waals surface area (Å²) in [4.78, 5) is 21.5. The molecule has 0 aromatic heterocycles. The minimum Gasteiger partial charge on any atom is -0.508 e. The Bertz CT molecular complexity index is 535. The van der Waals surface area contributed by atoms with Gasteiger partial charge in [0.15, 0.2) is 0 Å². The van der Waals surface area contributed by atoms with Crippen LogP contribution in [0.1, 0.15) is 49.0 Å². The van der Waals surface area contributed by atoms with Crippen LogP contribution in [0.25, 0.3) is 0 Å². The zero-order chi connectivity index (χ0) is 16.2. The average molecular weight is 296 g/mol. The Kier molecular flexibility index (Phi) is 5.32. The summed E-state index contributed by atoms with van der Waals surface area (Å²) >= 11 is 0. The molecule has 116 valence electrons. The second kappa shape index (κ2) is 6.58. The van der Waals surface area contributed by atoms with Crippen molar-refractivity contribution in [1.29, 1.82) is 0 Å². The van der Waals surface area contributed by atoms with E-state index >= 15 is 0 Å². The summed E-state index contributed by atoms with van der Waals surface area (Å²) < 4.78 is 0. The molecule has 0 aliphatic rings. The monoisotopic (exact) mass is 296 g/mol. The zero-order valence-electron chi connectivity index (χ0n) is 12.0. The second-order valence-corrected chi connectivity index (χ2v) is 5.44. The number of aliphatic hydroxyl groups is 1. The molecule has 0 radical (unpaired) electrons. The minimum absolute atomic E-state index is 0.0634. The molecule has 0 saturated heterocycles. The lowest BCUT2D eigenvalue weighted by atomic mass is 9.88. The maximum Gasteiger partial charge on any atom is 0.335 e. The Balaban J connectivity index is 2.78. The fourth-order valence-corrected chi connectivity index (χ4v) is 2.13. The van der Waals surface area contributed by atoms with E-state index in [0.717, 1.165) is 6.07 Å². The lowest BCUT2D eigenvalue weighted by Gasteiger charge is -2.25. The summed E-state index contributed by atoms with van der Waals surface area (Å²) in [5.74, 6) is -2.83. The van der Waals surface area contributed by atoms with Crippen LogP contribution in [0, 0.1) is 5.92 Å². The highest BCUT2D eigenvalue weighted by Crippen LogP contribution is 2.34. The molecule has 2 atom stereocenters. The van der Waals surface area contributed by atoms with Gasteiger partial charge in [0, 0.05) is 5.56 Å². The molecule has 0 heterocycles. The van der Waals surface area contributed by atoms with Crippen LogP contribution in [0.15, 0.2) is 18.2 Å². The average Bonchev–Trinajstić information content (AvgIpc) is 2.37. The van der Waals surface area contributed by atoms with Crippen LogP contribution >= 0.6 is 0 Å². The first-order valence-electron chi connectivity index (χ1n) is 6.67. The maximum absolute atomic E-state index is 10.8. The Hall–Kier alpha value is -2.08. The molecule has 0 aliphatic carbocycles. The molecule has 0 amide bonds. The molecule has 0 fully saturated rings. The number of rotatable bonds is 7. The molecular weight excluding hydrogens is 276 g/mol. The molecule has 0 spiro atoms. The first-order chi connectivity index (χ1) is 9.65. The summed E-state index contributed by atoms with van der Waals surface area (Å²) in [5, 5.41) is 37.9. The number of carbonyl (C=O) groups is 2. The number of carboxylic acids is 2. The summed E-state index contributed by atoms with van der Waals surface area (Å²) in [6.45, 7) is 3.10. The molecule has 0 aliphatic heterocycles. The van der Waals surface area contributed by atoms with Crippen LogP contribution < -0.4 is 0 Å². The van der Waals surface area contributed by atoms with Gasteiger partial charge in [-0.3, -0.25) is 4.79 Å². The summed E-state index contributed by atoms with van der Waals surface area (Å²) in [5.41, 5.74) is -1.18. The normalized spacial score (nSPS) is 15.2. The fourth-order valence-electron chi connectivity index (χ4n) is 2.13. The van der Waals surface area contributed by atoms with Gasteiger partial charge >= 0.3 is 11.9 Å². The molecule has 1 rings (SSSR count). The highest BCUT2D eigenvalue weighted by Gasteiger charge is 2.27. The third-order valence-corrected chi connectivity index (χ3v) is 3.55. The Morgan fingerprint density at radius 2 is 1.90 bits per heavy atom. The van der Waals surface area contributed by atoms with Crippen molar-refractivity contribution in [3.05, 3.63) is 29.3 Å². The first kappa shape index (κ1) is 17.0. The highest BCUT2D eigenvalue weighted by molar-refractivity contribution is 5.88. The van der Waals surface area contributed by atoms with Crippen LogP contribution in [0.2, 0.25) is 0 Å². The van der Waals surface area contributed by atoms with Crippen molar-refractivity contribution in [2.45, 2.75) is 38.7 Å². The van der Waals surface area contributed by atoms with Gasteiger partial charge in [0.2, 0.25) is 0 Å². The molecule has 6 nitrogen and oxygen atoms in total.